The zero-order valence-electron chi connectivity index (χ0n) is 21.2. The molecule has 0 aliphatic rings. The van der Waals surface area contributed by atoms with Gasteiger partial charge in [0.2, 0.25) is 0 Å². The standard InChI is InChI=1S/C26H51NO5/c1-4-7-16-24(6-3)32-26(30)18-13-11-15-20-27(21-22-28)19-14-10-8-9-12-17-25(29)31-23-5-2/h24,28H,4-23H2,1-3H3. The van der Waals surface area contributed by atoms with Crippen molar-refractivity contribution in [1.82, 2.24) is 4.90 Å². The summed E-state index contributed by atoms with van der Waals surface area (Å²) in [6, 6.07) is 0. The van der Waals surface area contributed by atoms with Crippen molar-refractivity contribution in [2.75, 3.05) is 32.8 Å². The molecule has 0 fully saturated rings. The van der Waals surface area contributed by atoms with E-state index in [2.05, 4.69) is 18.7 Å². The number of unbranched alkanes of at least 4 members (excludes halogenated alkanes) is 7. The Morgan fingerprint density at radius 1 is 0.750 bits per heavy atom. The number of aliphatic hydroxyl groups is 1. The Morgan fingerprint density at radius 2 is 1.34 bits per heavy atom. The average Bonchev–Trinajstić information content (AvgIpc) is 2.79. The Balaban J connectivity index is 3.76. The quantitative estimate of drug-likeness (QED) is 0.158. The Morgan fingerprint density at radius 3 is 1.94 bits per heavy atom. The first-order valence-corrected chi connectivity index (χ1v) is 13.3. The maximum absolute atomic E-state index is 12.0. The molecule has 0 saturated heterocycles. The molecule has 0 bridgehead atoms. The first-order valence-electron chi connectivity index (χ1n) is 13.3. The molecule has 0 aromatic carbocycles. The fourth-order valence-electron chi connectivity index (χ4n) is 3.70. The molecule has 190 valence electrons. The van der Waals surface area contributed by atoms with Crippen LogP contribution in [-0.2, 0) is 19.1 Å². The number of aliphatic hydroxyl groups excluding tert-OH is 1. The van der Waals surface area contributed by atoms with Crippen LogP contribution in [0.5, 0.6) is 0 Å². The fourth-order valence-corrected chi connectivity index (χ4v) is 3.70. The molecule has 6 nitrogen and oxygen atoms in total. The first kappa shape index (κ1) is 30.9. The molecule has 0 heterocycles. The maximum Gasteiger partial charge on any atom is 0.306 e. The molecule has 1 unspecified atom stereocenters. The topological polar surface area (TPSA) is 76.1 Å². The summed E-state index contributed by atoms with van der Waals surface area (Å²) in [5.41, 5.74) is 0. The summed E-state index contributed by atoms with van der Waals surface area (Å²) >= 11 is 0. The fraction of sp³-hybridized carbons (Fsp3) is 0.923. The van der Waals surface area contributed by atoms with Gasteiger partial charge in [-0.05, 0) is 58.0 Å². The van der Waals surface area contributed by atoms with Crippen LogP contribution in [0.25, 0.3) is 0 Å². The molecule has 0 rings (SSSR count). The Bertz CT molecular complexity index is 444. The van der Waals surface area contributed by atoms with Crippen LogP contribution >= 0.6 is 0 Å². The van der Waals surface area contributed by atoms with E-state index in [0.717, 1.165) is 96.6 Å². The lowest BCUT2D eigenvalue weighted by Gasteiger charge is -2.21. The summed E-state index contributed by atoms with van der Waals surface area (Å²) in [6.45, 7) is 9.62. The molecule has 6 heteroatoms. The Labute approximate surface area is 197 Å². The van der Waals surface area contributed by atoms with E-state index in [4.69, 9.17) is 9.47 Å². The molecule has 0 aromatic heterocycles. The zero-order chi connectivity index (χ0) is 23.9. The van der Waals surface area contributed by atoms with Gasteiger partial charge in [0.25, 0.3) is 0 Å². The van der Waals surface area contributed by atoms with Crippen molar-refractivity contribution in [3.05, 3.63) is 0 Å². The number of carbonyl (C=O) groups excluding carboxylic acids is 2. The predicted octanol–water partition coefficient (Wildman–Crippen LogP) is 5.65. The molecule has 0 aliphatic heterocycles. The summed E-state index contributed by atoms with van der Waals surface area (Å²) in [6.07, 6.45) is 14.4. The van der Waals surface area contributed by atoms with E-state index in [1.807, 2.05) is 6.92 Å². The average molecular weight is 458 g/mol. The molecule has 0 aromatic rings. The lowest BCUT2D eigenvalue weighted by molar-refractivity contribution is -0.149. The Kier molecular flexibility index (Phi) is 22.2. The molecule has 0 saturated carbocycles. The summed E-state index contributed by atoms with van der Waals surface area (Å²) in [5.74, 6) is -0.130. The van der Waals surface area contributed by atoms with E-state index in [-0.39, 0.29) is 24.6 Å². The molecule has 0 aliphatic carbocycles. The summed E-state index contributed by atoms with van der Waals surface area (Å²) in [4.78, 5) is 25.8. The normalized spacial score (nSPS) is 12.2. The second kappa shape index (κ2) is 23.0. The van der Waals surface area contributed by atoms with E-state index in [0.29, 0.717) is 26.0 Å². The minimum absolute atomic E-state index is 0.0567. The van der Waals surface area contributed by atoms with Crippen molar-refractivity contribution in [1.29, 1.82) is 0 Å². The van der Waals surface area contributed by atoms with Gasteiger partial charge in [-0.1, -0.05) is 59.3 Å². The number of ether oxygens (including phenoxy) is 2. The maximum atomic E-state index is 12.0. The van der Waals surface area contributed by atoms with E-state index < -0.39 is 0 Å². The van der Waals surface area contributed by atoms with Crippen LogP contribution in [0.2, 0.25) is 0 Å². The van der Waals surface area contributed by atoms with Gasteiger partial charge in [-0.2, -0.15) is 0 Å². The van der Waals surface area contributed by atoms with Crippen LogP contribution in [0.3, 0.4) is 0 Å². The van der Waals surface area contributed by atoms with Crippen molar-refractivity contribution in [2.45, 2.75) is 123 Å². The molecular weight excluding hydrogens is 406 g/mol. The van der Waals surface area contributed by atoms with Crippen molar-refractivity contribution in [3.63, 3.8) is 0 Å². The number of rotatable bonds is 23. The van der Waals surface area contributed by atoms with E-state index >= 15 is 0 Å². The summed E-state index contributed by atoms with van der Waals surface area (Å²) in [7, 11) is 0. The molecule has 1 atom stereocenters. The Hall–Kier alpha value is -1.14. The second-order valence-electron chi connectivity index (χ2n) is 8.78. The third-order valence-corrected chi connectivity index (χ3v) is 5.73. The molecule has 0 spiro atoms. The zero-order valence-corrected chi connectivity index (χ0v) is 21.2. The predicted molar refractivity (Wildman–Crippen MR) is 131 cm³/mol. The van der Waals surface area contributed by atoms with Crippen LogP contribution in [0, 0.1) is 0 Å². The van der Waals surface area contributed by atoms with Gasteiger partial charge in [0.05, 0.1) is 13.2 Å². The molecular formula is C26H51NO5. The van der Waals surface area contributed by atoms with E-state index in [1.54, 1.807) is 0 Å². The van der Waals surface area contributed by atoms with Gasteiger partial charge in [0.1, 0.15) is 6.10 Å². The van der Waals surface area contributed by atoms with Crippen molar-refractivity contribution < 1.29 is 24.2 Å². The van der Waals surface area contributed by atoms with Gasteiger partial charge >= 0.3 is 11.9 Å². The van der Waals surface area contributed by atoms with Crippen molar-refractivity contribution in [2.24, 2.45) is 0 Å². The van der Waals surface area contributed by atoms with Crippen LogP contribution in [-0.4, -0.2) is 60.9 Å². The van der Waals surface area contributed by atoms with Gasteiger partial charge in [-0.15, -0.1) is 0 Å². The van der Waals surface area contributed by atoms with Crippen LogP contribution in [0.4, 0.5) is 0 Å². The molecule has 32 heavy (non-hydrogen) atoms. The summed E-state index contributed by atoms with van der Waals surface area (Å²) in [5, 5.41) is 9.32. The SMILES string of the molecule is CCCCC(CC)OC(=O)CCCCCN(CCO)CCCCCCCC(=O)OCCC. The van der Waals surface area contributed by atoms with Gasteiger partial charge in [-0.3, -0.25) is 9.59 Å². The molecule has 0 radical (unpaired) electrons. The lowest BCUT2D eigenvalue weighted by Crippen LogP contribution is -2.29. The largest absolute Gasteiger partial charge is 0.466 e. The smallest absolute Gasteiger partial charge is 0.306 e. The number of esters is 2. The van der Waals surface area contributed by atoms with Crippen LogP contribution < -0.4 is 0 Å². The van der Waals surface area contributed by atoms with Gasteiger partial charge in [-0.25, -0.2) is 0 Å². The van der Waals surface area contributed by atoms with Crippen molar-refractivity contribution >= 4 is 11.9 Å². The van der Waals surface area contributed by atoms with Crippen LogP contribution in [0.1, 0.15) is 117 Å². The second-order valence-corrected chi connectivity index (χ2v) is 8.78. The van der Waals surface area contributed by atoms with Gasteiger partial charge in [0, 0.05) is 19.4 Å². The first-order chi connectivity index (χ1) is 15.6. The third-order valence-electron chi connectivity index (χ3n) is 5.73. The van der Waals surface area contributed by atoms with Gasteiger partial charge < -0.3 is 19.5 Å². The molecule has 0 amide bonds. The van der Waals surface area contributed by atoms with E-state index in [1.165, 1.54) is 0 Å². The highest BCUT2D eigenvalue weighted by Crippen LogP contribution is 2.12. The lowest BCUT2D eigenvalue weighted by atomic mass is 10.1. The van der Waals surface area contributed by atoms with Gasteiger partial charge in [0.15, 0.2) is 0 Å². The highest BCUT2D eigenvalue weighted by Gasteiger charge is 2.12. The highest BCUT2D eigenvalue weighted by molar-refractivity contribution is 5.69. The number of hydrogen-bond acceptors (Lipinski definition) is 6. The van der Waals surface area contributed by atoms with Crippen LogP contribution in [0.15, 0.2) is 0 Å². The number of carbonyl (C=O) groups is 2. The highest BCUT2D eigenvalue weighted by atomic mass is 16.5. The number of nitrogens with zero attached hydrogens (tertiary/aromatic N) is 1. The third kappa shape index (κ3) is 19.5. The molecule has 1 N–H and O–H groups in total. The van der Waals surface area contributed by atoms with E-state index in [9.17, 15) is 14.7 Å². The monoisotopic (exact) mass is 457 g/mol. The minimum Gasteiger partial charge on any atom is -0.466 e. The van der Waals surface area contributed by atoms with Crippen molar-refractivity contribution in [3.8, 4) is 0 Å². The number of hydrogen-bond donors (Lipinski definition) is 1. The minimum atomic E-state index is -0.0732. The summed E-state index contributed by atoms with van der Waals surface area (Å²) < 4.78 is 10.7.